The Kier molecular flexibility index (Phi) is 3.68. The van der Waals surface area contributed by atoms with Gasteiger partial charge in [0.15, 0.2) is 0 Å². The van der Waals surface area contributed by atoms with E-state index in [1.165, 1.54) is 0 Å². The molecular formula is C18H16N4O3. The lowest BCUT2D eigenvalue weighted by molar-refractivity contribution is -0.119. The summed E-state index contributed by atoms with van der Waals surface area (Å²) in [6.07, 6.45) is 3.03. The Labute approximate surface area is 144 Å². The highest BCUT2D eigenvalue weighted by Gasteiger charge is 2.38. The van der Waals surface area contributed by atoms with Gasteiger partial charge in [0.05, 0.1) is 11.3 Å². The van der Waals surface area contributed by atoms with Crippen LogP contribution in [0.1, 0.15) is 33.7 Å². The predicted molar refractivity (Wildman–Crippen MR) is 91.3 cm³/mol. The summed E-state index contributed by atoms with van der Waals surface area (Å²) in [7, 11) is 0. The molecule has 3 amide bonds. The van der Waals surface area contributed by atoms with Crippen LogP contribution in [0, 0.1) is 0 Å². The molecule has 1 atom stereocenters. The van der Waals surface area contributed by atoms with E-state index >= 15 is 0 Å². The van der Waals surface area contributed by atoms with Crippen LogP contribution >= 0.6 is 0 Å². The fraction of sp³-hybridized carbons (Fsp3) is 0.222. The molecule has 0 bridgehead atoms. The molecule has 0 unspecified atom stereocenters. The summed E-state index contributed by atoms with van der Waals surface area (Å²) in [5.74, 6) is -0.704. The Balaban J connectivity index is 1.64. The standard InChI is InChI=1S/C18H16N4O3/c23-16(14-4-1-2-8-19-14)20-11-6-7-13-12(10-11)18(25)22-9-3-5-15(22)17(24)21-13/h1-2,4,6-8,10,15H,3,5,9H2,(H,20,23)(H,21,24)/t15-/m1/s1. The molecule has 0 spiro atoms. The van der Waals surface area contributed by atoms with Gasteiger partial charge in [-0.3, -0.25) is 19.4 Å². The van der Waals surface area contributed by atoms with Crippen molar-refractivity contribution in [1.29, 1.82) is 0 Å². The molecule has 2 aromatic rings. The van der Waals surface area contributed by atoms with Gasteiger partial charge in [-0.2, -0.15) is 0 Å². The third-order valence-electron chi connectivity index (χ3n) is 4.48. The van der Waals surface area contributed by atoms with Gasteiger partial charge in [-0.15, -0.1) is 0 Å². The van der Waals surface area contributed by atoms with Crippen molar-refractivity contribution in [2.75, 3.05) is 17.2 Å². The first-order chi connectivity index (χ1) is 12.1. The van der Waals surface area contributed by atoms with Crippen LogP contribution in [0.4, 0.5) is 11.4 Å². The van der Waals surface area contributed by atoms with Crippen molar-refractivity contribution in [3.05, 3.63) is 53.9 Å². The quantitative estimate of drug-likeness (QED) is 0.876. The number of nitrogens with one attached hydrogen (secondary N) is 2. The monoisotopic (exact) mass is 336 g/mol. The second kappa shape index (κ2) is 6.01. The smallest absolute Gasteiger partial charge is 0.274 e. The van der Waals surface area contributed by atoms with E-state index in [2.05, 4.69) is 15.6 Å². The van der Waals surface area contributed by atoms with Gasteiger partial charge >= 0.3 is 0 Å². The van der Waals surface area contributed by atoms with Crippen molar-refractivity contribution < 1.29 is 14.4 Å². The minimum Gasteiger partial charge on any atom is -0.327 e. The maximum Gasteiger partial charge on any atom is 0.274 e. The van der Waals surface area contributed by atoms with Crippen LogP contribution in [0.5, 0.6) is 0 Å². The topological polar surface area (TPSA) is 91.4 Å². The number of amides is 3. The Bertz CT molecular complexity index is 866. The number of fused-ring (bicyclic) bond motifs is 2. The number of nitrogens with zero attached hydrogens (tertiary/aromatic N) is 2. The van der Waals surface area contributed by atoms with Gasteiger partial charge < -0.3 is 15.5 Å². The lowest BCUT2D eigenvalue weighted by Gasteiger charge is -2.20. The summed E-state index contributed by atoms with van der Waals surface area (Å²) >= 11 is 0. The van der Waals surface area contributed by atoms with E-state index in [1.54, 1.807) is 47.5 Å². The number of aromatic nitrogens is 1. The summed E-state index contributed by atoms with van der Waals surface area (Å²) in [6, 6.07) is 9.55. The average molecular weight is 336 g/mol. The fourth-order valence-electron chi connectivity index (χ4n) is 3.25. The second-order valence-corrected chi connectivity index (χ2v) is 6.08. The van der Waals surface area contributed by atoms with Gasteiger partial charge in [0.2, 0.25) is 5.91 Å². The normalized spacial score (nSPS) is 18.9. The number of hydrogen-bond donors (Lipinski definition) is 2. The first kappa shape index (κ1) is 15.3. The van der Waals surface area contributed by atoms with Crippen LogP contribution < -0.4 is 10.6 Å². The molecule has 3 heterocycles. The van der Waals surface area contributed by atoms with Crippen LogP contribution in [0.25, 0.3) is 0 Å². The third kappa shape index (κ3) is 2.73. The third-order valence-corrected chi connectivity index (χ3v) is 4.48. The first-order valence-corrected chi connectivity index (χ1v) is 8.12. The van der Waals surface area contributed by atoms with Gasteiger partial charge in [0.25, 0.3) is 11.8 Å². The molecule has 2 N–H and O–H groups in total. The lowest BCUT2D eigenvalue weighted by atomic mass is 10.1. The molecule has 1 aromatic heterocycles. The highest BCUT2D eigenvalue weighted by atomic mass is 16.2. The van der Waals surface area contributed by atoms with Crippen molar-refractivity contribution in [3.63, 3.8) is 0 Å². The van der Waals surface area contributed by atoms with E-state index < -0.39 is 6.04 Å². The first-order valence-electron chi connectivity index (χ1n) is 8.12. The van der Waals surface area contributed by atoms with E-state index in [4.69, 9.17) is 0 Å². The number of pyridine rings is 1. The second-order valence-electron chi connectivity index (χ2n) is 6.08. The Morgan fingerprint density at radius 2 is 2.12 bits per heavy atom. The maximum atomic E-state index is 12.8. The number of hydrogen-bond acceptors (Lipinski definition) is 4. The molecule has 0 radical (unpaired) electrons. The van der Waals surface area contributed by atoms with Crippen molar-refractivity contribution in [2.45, 2.75) is 18.9 Å². The van der Waals surface area contributed by atoms with Gasteiger partial charge in [0, 0.05) is 18.4 Å². The van der Waals surface area contributed by atoms with Crippen molar-refractivity contribution in [3.8, 4) is 0 Å². The SMILES string of the molecule is O=C(Nc1ccc2c(c1)C(=O)N1CCC[C@@H]1C(=O)N2)c1ccccn1. The summed E-state index contributed by atoms with van der Waals surface area (Å²) in [5, 5.41) is 5.55. The number of carbonyl (C=O) groups is 3. The molecule has 1 aromatic carbocycles. The van der Waals surface area contributed by atoms with Crippen LogP contribution in [-0.2, 0) is 4.79 Å². The highest BCUT2D eigenvalue weighted by molar-refractivity contribution is 6.11. The van der Waals surface area contributed by atoms with Crippen LogP contribution in [-0.4, -0.2) is 40.2 Å². The highest BCUT2D eigenvalue weighted by Crippen LogP contribution is 2.30. The zero-order valence-electron chi connectivity index (χ0n) is 13.4. The minimum atomic E-state index is -0.411. The van der Waals surface area contributed by atoms with Crippen LogP contribution in [0.3, 0.4) is 0 Å². The number of anilines is 2. The molecule has 2 aliphatic heterocycles. The maximum absolute atomic E-state index is 12.8. The number of carbonyl (C=O) groups excluding carboxylic acids is 3. The van der Waals surface area contributed by atoms with Crippen LogP contribution in [0.15, 0.2) is 42.6 Å². The molecule has 1 saturated heterocycles. The molecule has 0 aliphatic carbocycles. The van der Waals surface area contributed by atoms with E-state index in [9.17, 15) is 14.4 Å². The van der Waals surface area contributed by atoms with Gasteiger partial charge in [-0.25, -0.2) is 0 Å². The average Bonchev–Trinajstić information content (AvgIpc) is 3.09. The van der Waals surface area contributed by atoms with Crippen molar-refractivity contribution >= 4 is 29.1 Å². The Morgan fingerprint density at radius 3 is 2.92 bits per heavy atom. The molecule has 7 nitrogen and oxygen atoms in total. The van der Waals surface area contributed by atoms with Crippen molar-refractivity contribution in [1.82, 2.24) is 9.88 Å². The number of rotatable bonds is 2. The summed E-state index contributed by atoms with van der Waals surface area (Å²) in [6.45, 7) is 0.570. The molecule has 7 heteroatoms. The Morgan fingerprint density at radius 1 is 1.24 bits per heavy atom. The molecular weight excluding hydrogens is 320 g/mol. The lowest BCUT2D eigenvalue weighted by Crippen LogP contribution is -2.40. The van der Waals surface area contributed by atoms with Gasteiger partial charge in [0.1, 0.15) is 11.7 Å². The van der Waals surface area contributed by atoms with E-state index in [0.717, 1.165) is 6.42 Å². The van der Waals surface area contributed by atoms with Gasteiger partial charge in [-0.1, -0.05) is 6.07 Å². The minimum absolute atomic E-state index is 0.158. The fourth-order valence-corrected chi connectivity index (χ4v) is 3.25. The van der Waals surface area contributed by atoms with E-state index in [0.29, 0.717) is 29.9 Å². The number of benzene rings is 1. The molecule has 4 rings (SSSR count). The van der Waals surface area contributed by atoms with Gasteiger partial charge in [-0.05, 0) is 43.2 Å². The molecule has 126 valence electrons. The van der Waals surface area contributed by atoms with Crippen molar-refractivity contribution in [2.24, 2.45) is 0 Å². The molecule has 1 fully saturated rings. The zero-order chi connectivity index (χ0) is 17.4. The summed E-state index contributed by atoms with van der Waals surface area (Å²) < 4.78 is 0. The zero-order valence-corrected chi connectivity index (χ0v) is 13.4. The van der Waals surface area contributed by atoms with Crippen LogP contribution in [0.2, 0.25) is 0 Å². The largest absolute Gasteiger partial charge is 0.327 e. The molecule has 2 aliphatic rings. The predicted octanol–water partition coefficient (Wildman–Crippen LogP) is 1.89. The molecule has 25 heavy (non-hydrogen) atoms. The Hall–Kier alpha value is -3.22. The van der Waals surface area contributed by atoms with E-state index in [1.807, 2.05) is 0 Å². The summed E-state index contributed by atoms with van der Waals surface area (Å²) in [5.41, 5.74) is 1.63. The molecule has 0 saturated carbocycles. The summed E-state index contributed by atoms with van der Waals surface area (Å²) in [4.78, 5) is 42.9. The van der Waals surface area contributed by atoms with E-state index in [-0.39, 0.29) is 23.4 Å².